The highest BCUT2D eigenvalue weighted by Gasteiger charge is 2.55. The summed E-state index contributed by atoms with van der Waals surface area (Å²) in [5, 5.41) is 0.252. The first kappa shape index (κ1) is 20.9. The van der Waals surface area contributed by atoms with Gasteiger partial charge in [-0.05, 0) is 48.6 Å². The summed E-state index contributed by atoms with van der Waals surface area (Å²) in [5.41, 5.74) is 12.5. The van der Waals surface area contributed by atoms with Crippen molar-refractivity contribution >= 4 is 28.3 Å². The van der Waals surface area contributed by atoms with Crippen LogP contribution in [0.2, 0.25) is 0 Å². The third kappa shape index (κ3) is 3.45. The summed E-state index contributed by atoms with van der Waals surface area (Å²) in [6.07, 6.45) is 1.56. The zero-order valence-electron chi connectivity index (χ0n) is 17.9. The fourth-order valence-electron chi connectivity index (χ4n) is 5.05. The molecule has 2 aliphatic heterocycles. The van der Waals surface area contributed by atoms with Gasteiger partial charge in [-0.15, -0.1) is 0 Å². The van der Waals surface area contributed by atoms with Gasteiger partial charge in [-0.25, -0.2) is 9.37 Å². The van der Waals surface area contributed by atoms with Crippen molar-refractivity contribution in [2.45, 2.75) is 37.6 Å². The number of carbonyl (C=O) groups is 2. The summed E-state index contributed by atoms with van der Waals surface area (Å²) in [4.78, 5) is 32.1. The lowest BCUT2D eigenvalue weighted by Gasteiger charge is -2.28. The van der Waals surface area contributed by atoms with E-state index in [2.05, 4.69) is 4.98 Å². The molecular weight excluding hydrogens is 459 g/mol. The second-order valence-corrected chi connectivity index (χ2v) is 9.83. The van der Waals surface area contributed by atoms with E-state index in [9.17, 15) is 14.0 Å². The van der Waals surface area contributed by atoms with Crippen molar-refractivity contribution in [3.05, 3.63) is 59.5 Å². The second-order valence-electron chi connectivity index (χ2n) is 8.80. The van der Waals surface area contributed by atoms with E-state index in [4.69, 9.17) is 20.9 Å². The Bertz CT molecular complexity index is 1330. The predicted molar refractivity (Wildman–Crippen MR) is 123 cm³/mol. The van der Waals surface area contributed by atoms with Gasteiger partial charge in [0, 0.05) is 18.5 Å². The van der Waals surface area contributed by atoms with Crippen LogP contribution in [0.1, 0.15) is 40.1 Å². The summed E-state index contributed by atoms with van der Waals surface area (Å²) in [7, 11) is 0. The van der Waals surface area contributed by atoms with Gasteiger partial charge in [0.15, 0.2) is 16.6 Å². The molecule has 0 bridgehead atoms. The average molecular weight is 481 g/mol. The number of thiazole rings is 1. The Hall–Kier alpha value is -3.66. The van der Waals surface area contributed by atoms with Crippen molar-refractivity contribution in [3.8, 4) is 21.9 Å². The Morgan fingerprint density at radius 3 is 2.79 bits per heavy atom. The van der Waals surface area contributed by atoms with Crippen molar-refractivity contribution in [3.63, 3.8) is 0 Å². The van der Waals surface area contributed by atoms with Crippen LogP contribution in [0, 0.1) is 11.7 Å². The summed E-state index contributed by atoms with van der Waals surface area (Å²) in [6, 6.07) is 11.1. The number of nitrogens with zero attached hydrogens (tertiary/aromatic N) is 2. The lowest BCUT2D eigenvalue weighted by Crippen LogP contribution is -2.42. The van der Waals surface area contributed by atoms with Crippen molar-refractivity contribution in [1.29, 1.82) is 0 Å². The monoisotopic (exact) mass is 480 g/mol. The number of hydrogen-bond donors (Lipinski definition) is 2. The summed E-state index contributed by atoms with van der Waals surface area (Å²) in [5.74, 6) is 0.00775. The number of carbonyl (C=O) groups excluding carboxylic acids is 2. The molecule has 0 radical (unpaired) electrons. The largest absolute Gasteiger partial charge is 0.451 e. The van der Waals surface area contributed by atoms with Gasteiger partial charge in [0.05, 0.1) is 10.4 Å². The molecule has 6 rings (SSSR count). The average Bonchev–Trinajstić information content (AvgIpc) is 3.12. The maximum atomic E-state index is 13.8. The maximum absolute atomic E-state index is 13.8. The first-order chi connectivity index (χ1) is 16.4. The third-order valence-electron chi connectivity index (χ3n) is 6.59. The number of amides is 2. The van der Waals surface area contributed by atoms with Crippen LogP contribution in [-0.2, 0) is 0 Å². The third-order valence-corrected chi connectivity index (χ3v) is 7.53. The van der Waals surface area contributed by atoms with Crippen LogP contribution in [0.3, 0.4) is 0 Å². The van der Waals surface area contributed by atoms with Gasteiger partial charge in [0.1, 0.15) is 11.5 Å². The fourth-order valence-corrected chi connectivity index (χ4v) is 5.88. The van der Waals surface area contributed by atoms with E-state index in [-0.39, 0.29) is 34.4 Å². The molecule has 174 valence electrons. The van der Waals surface area contributed by atoms with E-state index in [1.165, 1.54) is 23.5 Å². The molecule has 3 heterocycles. The molecule has 1 saturated carbocycles. The highest BCUT2D eigenvalue weighted by atomic mass is 32.1. The van der Waals surface area contributed by atoms with E-state index < -0.39 is 18.0 Å². The quantitative estimate of drug-likeness (QED) is 0.577. The molecule has 1 aliphatic carbocycles. The molecule has 3 aliphatic rings. The number of para-hydroxylation sites is 1. The zero-order valence-corrected chi connectivity index (χ0v) is 18.8. The first-order valence-corrected chi connectivity index (χ1v) is 11.8. The number of hydrogen-bond acceptors (Lipinski definition) is 7. The van der Waals surface area contributed by atoms with Crippen LogP contribution in [0.5, 0.6) is 11.5 Å². The molecule has 2 fully saturated rings. The molecule has 2 amide bonds. The first-order valence-electron chi connectivity index (χ1n) is 11.0. The Kier molecular flexibility index (Phi) is 4.73. The molecule has 8 nitrogen and oxygen atoms in total. The van der Waals surface area contributed by atoms with E-state index in [0.717, 1.165) is 12.8 Å². The molecule has 4 N–H and O–H groups in total. The molecule has 0 spiro atoms. The number of benzene rings is 2. The number of rotatable bonds is 5. The topological polar surface area (TPSA) is 121 Å². The Morgan fingerprint density at radius 2 is 2.00 bits per heavy atom. The number of anilines is 1. The second kappa shape index (κ2) is 7.69. The SMILES string of the molecule is NC(=O)c1cccc2c1OC(C[C@@H]1C[C@@H]3C[C@@H]3N1C(=O)c1nc(N)sc1-c1cccc(F)c1)O2. The summed E-state index contributed by atoms with van der Waals surface area (Å²) in [6.45, 7) is 0. The van der Waals surface area contributed by atoms with Gasteiger partial charge in [0.2, 0.25) is 6.29 Å². The lowest BCUT2D eigenvalue weighted by molar-refractivity contribution is 0.0161. The molecule has 1 unspecified atom stereocenters. The van der Waals surface area contributed by atoms with E-state index in [0.29, 0.717) is 34.3 Å². The number of piperidine rings is 1. The van der Waals surface area contributed by atoms with Crippen LogP contribution < -0.4 is 20.9 Å². The van der Waals surface area contributed by atoms with Crippen LogP contribution >= 0.6 is 11.3 Å². The van der Waals surface area contributed by atoms with Crippen LogP contribution in [0.15, 0.2) is 42.5 Å². The number of likely N-dealkylation sites (tertiary alicyclic amines) is 1. The Balaban J connectivity index is 1.25. The fraction of sp³-hybridized carbons (Fsp3) is 0.292. The molecular formula is C24H21FN4O4S. The number of halogens is 1. The van der Waals surface area contributed by atoms with Crippen LogP contribution in [0.25, 0.3) is 10.4 Å². The van der Waals surface area contributed by atoms with Crippen molar-refractivity contribution < 1.29 is 23.5 Å². The lowest BCUT2D eigenvalue weighted by atomic mass is 10.1. The zero-order chi connectivity index (χ0) is 23.6. The van der Waals surface area contributed by atoms with Gasteiger partial charge in [-0.1, -0.05) is 29.5 Å². The van der Waals surface area contributed by atoms with Gasteiger partial charge in [-0.2, -0.15) is 0 Å². The van der Waals surface area contributed by atoms with Crippen molar-refractivity contribution in [2.24, 2.45) is 11.7 Å². The highest BCUT2D eigenvalue weighted by molar-refractivity contribution is 7.19. The number of nitrogens with two attached hydrogens (primary N) is 2. The van der Waals surface area contributed by atoms with Crippen LogP contribution in [-0.4, -0.2) is 40.1 Å². The van der Waals surface area contributed by atoms with E-state index in [1.54, 1.807) is 30.3 Å². The number of primary amides is 1. The van der Waals surface area contributed by atoms with Gasteiger partial charge in [-0.3, -0.25) is 9.59 Å². The summed E-state index contributed by atoms with van der Waals surface area (Å²) >= 11 is 1.17. The molecule has 1 aromatic heterocycles. The number of ether oxygens (including phenoxy) is 2. The maximum Gasteiger partial charge on any atom is 0.274 e. The van der Waals surface area contributed by atoms with Gasteiger partial charge < -0.3 is 25.8 Å². The predicted octanol–water partition coefficient (Wildman–Crippen LogP) is 3.42. The Labute approximate surface area is 198 Å². The number of aromatic nitrogens is 1. The van der Waals surface area contributed by atoms with E-state index >= 15 is 0 Å². The number of nitrogen functional groups attached to an aromatic ring is 1. The number of fused-ring (bicyclic) bond motifs is 2. The van der Waals surface area contributed by atoms with Crippen molar-refractivity contribution in [2.75, 3.05) is 5.73 Å². The standard InChI is InChI=1S/C24H21FN4O4S/c25-13-4-1-3-11(7-13)21-19(28-24(27)34-21)23(31)29-14(8-12-9-16(12)29)10-18-32-17-6-2-5-15(22(26)30)20(17)33-18/h1-7,12,14,16,18H,8-10H2,(H2,26,30)(H2,27,28)/t12-,14+,16+,18?/m1/s1. The van der Waals surface area contributed by atoms with Gasteiger partial charge in [0.25, 0.3) is 11.8 Å². The molecule has 34 heavy (non-hydrogen) atoms. The van der Waals surface area contributed by atoms with E-state index in [1.807, 2.05) is 4.90 Å². The molecule has 10 heteroatoms. The molecule has 1 saturated heterocycles. The Morgan fingerprint density at radius 1 is 1.18 bits per heavy atom. The minimum Gasteiger partial charge on any atom is -0.451 e. The van der Waals surface area contributed by atoms with Gasteiger partial charge >= 0.3 is 0 Å². The minimum atomic E-state index is -0.642. The van der Waals surface area contributed by atoms with Crippen LogP contribution in [0.4, 0.5) is 9.52 Å². The molecule has 3 aromatic rings. The smallest absolute Gasteiger partial charge is 0.274 e. The summed E-state index contributed by atoms with van der Waals surface area (Å²) < 4.78 is 25.7. The molecule has 4 atom stereocenters. The normalized spacial score (nSPS) is 24.2. The molecule has 2 aromatic carbocycles. The van der Waals surface area contributed by atoms with Crippen molar-refractivity contribution in [1.82, 2.24) is 9.88 Å². The highest BCUT2D eigenvalue weighted by Crippen LogP contribution is 2.51. The minimum absolute atomic E-state index is 0.129.